The first kappa shape index (κ1) is 44.2. The summed E-state index contributed by atoms with van der Waals surface area (Å²) in [7, 11) is -7.37. The minimum Gasteiger partial charge on any atom is -0.741 e. The number of likely N-dealkylation sites (tertiary alicyclic amines) is 2. The van der Waals surface area contributed by atoms with Gasteiger partial charge in [-0.3, -0.25) is 0 Å². The summed E-state index contributed by atoms with van der Waals surface area (Å²) in [6, 6.07) is 8.32. The van der Waals surface area contributed by atoms with Crippen LogP contribution in [0.1, 0.15) is 82.4 Å². The van der Waals surface area contributed by atoms with Crippen molar-refractivity contribution in [2.75, 3.05) is 53.4 Å². The third kappa shape index (κ3) is 17.4. The van der Waals surface area contributed by atoms with Gasteiger partial charge in [0, 0.05) is 31.7 Å². The highest BCUT2D eigenvalue weighted by molar-refractivity contribution is 7.86. The summed E-state index contributed by atoms with van der Waals surface area (Å²) in [6.45, 7) is 13.1. The van der Waals surface area contributed by atoms with Gasteiger partial charge in [0.2, 0.25) is 0 Å². The summed E-state index contributed by atoms with van der Waals surface area (Å²) in [4.78, 5) is 0. The molecule has 0 saturated carbocycles. The van der Waals surface area contributed by atoms with E-state index in [9.17, 15) is 26.3 Å². The van der Waals surface area contributed by atoms with Crippen LogP contribution in [0, 0.1) is 0 Å². The molecule has 1 unspecified atom stereocenters. The molecule has 2 N–H and O–H groups in total. The molecule has 1 aromatic rings. The number of halogens is 6. The number of alkyl halides is 6. The second-order valence-electron chi connectivity index (χ2n) is 12.0. The zero-order valence-electron chi connectivity index (χ0n) is 26.9. The highest BCUT2D eigenvalue weighted by Gasteiger charge is 2.37. The minimum absolute atomic E-state index is 0.121. The van der Waals surface area contributed by atoms with Crippen LogP contribution < -0.4 is 5.73 Å². The molecule has 9 nitrogen and oxygen atoms in total. The Morgan fingerprint density at radius 1 is 0.739 bits per heavy atom. The summed E-state index contributed by atoms with van der Waals surface area (Å²) >= 11 is 0. The number of fused-ring (bicyclic) bond motifs is 1. The highest BCUT2D eigenvalue weighted by Crippen LogP contribution is 2.25. The molecule has 0 radical (unpaired) electrons. The number of unbranched alkanes of at least 4 members (excludes halogenated alkanes) is 2. The molecule has 0 aromatic heterocycles. The third-order valence-electron chi connectivity index (χ3n) is 7.80. The maximum Gasteiger partial charge on any atom is 0.485 e. The molecule has 2 fully saturated rings. The van der Waals surface area contributed by atoms with Crippen LogP contribution in [0.5, 0.6) is 0 Å². The molecule has 270 valence electrons. The first-order valence-electron chi connectivity index (χ1n) is 15.2. The third-order valence-corrected chi connectivity index (χ3v) is 8.93. The van der Waals surface area contributed by atoms with Gasteiger partial charge in [-0.25, -0.2) is 16.8 Å². The van der Waals surface area contributed by atoms with Crippen LogP contribution in [0.3, 0.4) is 0 Å². The average molecular weight is 714 g/mol. The number of quaternary nitrogens is 2. The SMILES string of the molecule is CCCC[N+]1(C)CCCC1.CCCC[N+]1(C)CCCC1.NC1C=Cc2ccccc21.O=S(=O)([O-])C(F)(F)F.O=S(=O)([O-])C(F)(F)F. The molecule has 0 bridgehead atoms. The fourth-order valence-corrected chi connectivity index (χ4v) is 5.00. The second-order valence-corrected chi connectivity index (χ2v) is 14.8. The van der Waals surface area contributed by atoms with E-state index in [2.05, 4.69) is 46.2 Å². The summed E-state index contributed by atoms with van der Waals surface area (Å²) < 4.78 is 121. The van der Waals surface area contributed by atoms with Crippen LogP contribution in [0.25, 0.3) is 6.08 Å². The highest BCUT2D eigenvalue weighted by atomic mass is 32.2. The van der Waals surface area contributed by atoms with Gasteiger partial charge < -0.3 is 23.8 Å². The predicted molar refractivity (Wildman–Crippen MR) is 164 cm³/mol. The molecular formula is C29H49F6N3O6S2. The van der Waals surface area contributed by atoms with Crippen LogP contribution in [0.15, 0.2) is 30.3 Å². The van der Waals surface area contributed by atoms with Crippen LogP contribution in [0.4, 0.5) is 26.3 Å². The van der Waals surface area contributed by atoms with E-state index in [-0.39, 0.29) is 6.04 Å². The van der Waals surface area contributed by atoms with E-state index in [0.29, 0.717) is 0 Å². The van der Waals surface area contributed by atoms with Gasteiger partial charge in [0.15, 0.2) is 20.2 Å². The number of rotatable bonds is 6. The normalized spacial score (nSPS) is 19.6. The number of nitrogens with two attached hydrogens (primary N) is 1. The lowest BCUT2D eigenvalue weighted by Crippen LogP contribution is -2.41. The van der Waals surface area contributed by atoms with Crippen LogP contribution in [-0.2, 0) is 20.2 Å². The van der Waals surface area contributed by atoms with E-state index < -0.39 is 31.3 Å². The molecule has 3 aliphatic rings. The maximum absolute atomic E-state index is 10.7. The number of hydrogen-bond acceptors (Lipinski definition) is 7. The summed E-state index contributed by atoms with van der Waals surface area (Å²) in [5.41, 5.74) is -3.03. The fraction of sp³-hybridized carbons (Fsp3) is 0.724. The van der Waals surface area contributed by atoms with Crippen molar-refractivity contribution >= 4 is 26.3 Å². The van der Waals surface area contributed by atoms with Gasteiger partial charge in [0.25, 0.3) is 0 Å². The molecule has 2 aliphatic heterocycles. The van der Waals surface area contributed by atoms with Crippen molar-refractivity contribution in [3.63, 3.8) is 0 Å². The van der Waals surface area contributed by atoms with Gasteiger partial charge in [-0.1, -0.05) is 63.1 Å². The van der Waals surface area contributed by atoms with Gasteiger partial charge in [0.1, 0.15) is 0 Å². The van der Waals surface area contributed by atoms with E-state index in [1.807, 2.05) is 18.2 Å². The number of nitrogens with zero attached hydrogens (tertiary/aromatic N) is 2. The van der Waals surface area contributed by atoms with E-state index in [0.717, 1.165) is 0 Å². The fourth-order valence-electron chi connectivity index (χ4n) is 5.00. The van der Waals surface area contributed by atoms with Crippen molar-refractivity contribution < 1.29 is 61.2 Å². The lowest BCUT2D eigenvalue weighted by molar-refractivity contribution is -0.897. The Balaban J connectivity index is 0.000000553. The van der Waals surface area contributed by atoms with Crippen molar-refractivity contribution in [3.8, 4) is 0 Å². The second kappa shape index (κ2) is 19.3. The van der Waals surface area contributed by atoms with Crippen molar-refractivity contribution in [2.24, 2.45) is 5.73 Å². The summed E-state index contributed by atoms with van der Waals surface area (Å²) in [6.07, 6.45) is 15.5. The molecule has 2 saturated heterocycles. The van der Waals surface area contributed by atoms with Crippen LogP contribution in [0.2, 0.25) is 0 Å². The summed E-state index contributed by atoms with van der Waals surface area (Å²) in [5.74, 6) is 0. The quantitative estimate of drug-likeness (QED) is 0.168. The van der Waals surface area contributed by atoms with E-state index in [1.165, 1.54) is 111 Å². The molecule has 17 heteroatoms. The molecule has 0 amide bonds. The lowest BCUT2D eigenvalue weighted by Gasteiger charge is -2.28. The molecule has 1 aromatic carbocycles. The predicted octanol–water partition coefficient (Wildman–Crippen LogP) is 5.87. The van der Waals surface area contributed by atoms with E-state index in [1.54, 1.807) is 0 Å². The lowest BCUT2D eigenvalue weighted by atomic mass is 10.1. The Labute approximate surface area is 270 Å². The Morgan fingerprint density at radius 2 is 1.07 bits per heavy atom. The number of hydrogen-bond donors (Lipinski definition) is 1. The van der Waals surface area contributed by atoms with Crippen LogP contribution in [-0.4, -0.2) is 99.3 Å². The zero-order chi connectivity index (χ0) is 35.9. The molecule has 1 aliphatic carbocycles. The molecule has 2 heterocycles. The van der Waals surface area contributed by atoms with Crippen molar-refractivity contribution in [3.05, 3.63) is 41.5 Å². The Hall–Kier alpha value is -1.76. The maximum atomic E-state index is 10.7. The van der Waals surface area contributed by atoms with Gasteiger partial charge >= 0.3 is 11.0 Å². The Kier molecular flexibility index (Phi) is 18.6. The molecule has 4 rings (SSSR count). The van der Waals surface area contributed by atoms with Gasteiger partial charge in [-0.05, 0) is 24.0 Å². The van der Waals surface area contributed by atoms with E-state index >= 15 is 0 Å². The van der Waals surface area contributed by atoms with Crippen molar-refractivity contribution in [1.82, 2.24) is 0 Å². The largest absolute Gasteiger partial charge is 0.741 e. The van der Waals surface area contributed by atoms with Gasteiger partial charge in [-0.2, -0.15) is 26.3 Å². The molecule has 46 heavy (non-hydrogen) atoms. The topological polar surface area (TPSA) is 140 Å². The smallest absolute Gasteiger partial charge is 0.485 e. The Bertz CT molecular complexity index is 1190. The van der Waals surface area contributed by atoms with Crippen molar-refractivity contribution in [1.29, 1.82) is 0 Å². The molecular weight excluding hydrogens is 664 g/mol. The number of benzene rings is 1. The van der Waals surface area contributed by atoms with Gasteiger partial charge in [0.05, 0.1) is 53.4 Å². The van der Waals surface area contributed by atoms with Crippen LogP contribution >= 0.6 is 0 Å². The van der Waals surface area contributed by atoms with Gasteiger partial charge in [-0.15, -0.1) is 0 Å². The van der Waals surface area contributed by atoms with Crippen molar-refractivity contribution in [2.45, 2.75) is 82.3 Å². The standard InChI is InChI=1S/C9H9N.2C9H20N.2CHF3O3S/c10-9-6-5-7-3-1-2-4-8(7)9;2*1-3-4-7-10(2)8-5-6-9-10;2*2-1(3,4)8(5,6)7/h1-6,9H,10H2;2*3-9H2,1-2H3;2*(H,5,6,7)/q;2*+1;;/p-2. The monoisotopic (exact) mass is 713 g/mol. The molecule has 1 atom stereocenters. The van der Waals surface area contributed by atoms with E-state index in [4.69, 9.17) is 31.7 Å². The zero-order valence-corrected chi connectivity index (χ0v) is 28.6. The average Bonchev–Trinajstić information content (AvgIpc) is 3.67. The Morgan fingerprint density at radius 3 is 1.35 bits per heavy atom. The first-order valence-corrected chi connectivity index (χ1v) is 18.0. The minimum atomic E-state index is -6.09. The molecule has 0 spiro atoms. The summed E-state index contributed by atoms with van der Waals surface area (Å²) in [5, 5.41) is 0. The first-order chi connectivity index (χ1) is 20.9.